The zero-order valence-electron chi connectivity index (χ0n) is 15.5. The van der Waals surface area contributed by atoms with Crippen molar-refractivity contribution < 1.29 is 28.6 Å². The zero-order valence-corrected chi connectivity index (χ0v) is 15.5. The summed E-state index contributed by atoms with van der Waals surface area (Å²) in [5.41, 5.74) is 6.12. The molecule has 0 saturated heterocycles. The molecule has 0 spiro atoms. The average molecular weight is 391 g/mol. The number of carbonyl (C=O) groups excluding carboxylic acids is 3. The fourth-order valence-corrected chi connectivity index (χ4v) is 2.41. The number of ether oxygens (including phenoxy) is 3. The fraction of sp³-hybridized carbons (Fsp3) is 0.0455. The molecule has 0 aliphatic heterocycles. The van der Waals surface area contributed by atoms with Crippen LogP contribution in [0.1, 0.15) is 31.1 Å². The van der Waals surface area contributed by atoms with Gasteiger partial charge in [-0.05, 0) is 72.8 Å². The molecule has 7 nitrogen and oxygen atoms in total. The van der Waals surface area contributed by atoms with Gasteiger partial charge in [0.1, 0.15) is 17.2 Å². The molecular weight excluding hydrogens is 374 g/mol. The lowest BCUT2D eigenvalue weighted by Gasteiger charge is -2.07. The van der Waals surface area contributed by atoms with Gasteiger partial charge in [0.15, 0.2) is 0 Å². The van der Waals surface area contributed by atoms with Gasteiger partial charge < -0.3 is 19.9 Å². The molecule has 0 radical (unpaired) electrons. The van der Waals surface area contributed by atoms with Gasteiger partial charge in [-0.25, -0.2) is 9.59 Å². The molecule has 7 heteroatoms. The maximum atomic E-state index is 12.2. The highest BCUT2D eigenvalue weighted by Gasteiger charge is 2.12. The van der Waals surface area contributed by atoms with Crippen LogP contribution < -0.4 is 19.9 Å². The van der Waals surface area contributed by atoms with Crippen molar-refractivity contribution in [3.8, 4) is 17.2 Å². The molecular formula is C22H17NO6. The molecule has 0 fully saturated rings. The maximum Gasteiger partial charge on any atom is 0.343 e. The number of nitrogens with two attached hydrogens (primary N) is 1. The van der Waals surface area contributed by atoms with Crippen LogP contribution in [0.25, 0.3) is 0 Å². The monoisotopic (exact) mass is 391 g/mol. The van der Waals surface area contributed by atoms with Crippen LogP contribution in [0.3, 0.4) is 0 Å². The summed E-state index contributed by atoms with van der Waals surface area (Å²) in [7, 11) is 1.54. The summed E-state index contributed by atoms with van der Waals surface area (Å²) in [5, 5.41) is 0. The SMILES string of the molecule is COc1ccc(C(=O)Oc2ccc(C(=O)Oc3ccc(C(N)=O)cc3)cc2)cc1. The third-order valence-corrected chi connectivity index (χ3v) is 3.98. The average Bonchev–Trinajstić information content (AvgIpc) is 2.74. The van der Waals surface area contributed by atoms with Crippen molar-refractivity contribution in [2.45, 2.75) is 0 Å². The number of hydrogen-bond donors (Lipinski definition) is 1. The number of rotatable bonds is 6. The van der Waals surface area contributed by atoms with E-state index in [0.29, 0.717) is 16.9 Å². The summed E-state index contributed by atoms with van der Waals surface area (Å²) in [5.74, 6) is -0.498. The molecule has 2 N–H and O–H groups in total. The molecule has 0 aliphatic rings. The first kappa shape index (κ1) is 19.6. The molecule has 3 aromatic carbocycles. The largest absolute Gasteiger partial charge is 0.497 e. The molecule has 29 heavy (non-hydrogen) atoms. The summed E-state index contributed by atoms with van der Waals surface area (Å²) >= 11 is 0. The van der Waals surface area contributed by atoms with Crippen molar-refractivity contribution >= 4 is 17.8 Å². The highest BCUT2D eigenvalue weighted by Crippen LogP contribution is 2.18. The van der Waals surface area contributed by atoms with Gasteiger partial charge in [-0.3, -0.25) is 4.79 Å². The Balaban J connectivity index is 1.62. The van der Waals surface area contributed by atoms with E-state index in [0.717, 1.165) is 0 Å². The Hall–Kier alpha value is -4.13. The van der Waals surface area contributed by atoms with Gasteiger partial charge in [0, 0.05) is 5.56 Å². The first-order chi connectivity index (χ1) is 14.0. The Morgan fingerprint density at radius 1 is 0.586 bits per heavy atom. The minimum absolute atomic E-state index is 0.272. The lowest BCUT2D eigenvalue weighted by molar-refractivity contribution is 0.0730. The molecule has 3 rings (SSSR count). The Morgan fingerprint density at radius 3 is 1.28 bits per heavy atom. The van der Waals surface area contributed by atoms with Crippen LogP contribution in [-0.2, 0) is 0 Å². The van der Waals surface area contributed by atoms with Crippen LogP contribution in [-0.4, -0.2) is 25.0 Å². The fourth-order valence-electron chi connectivity index (χ4n) is 2.41. The van der Waals surface area contributed by atoms with Crippen molar-refractivity contribution in [1.29, 1.82) is 0 Å². The van der Waals surface area contributed by atoms with Crippen LogP contribution in [0.2, 0.25) is 0 Å². The van der Waals surface area contributed by atoms with Gasteiger partial charge >= 0.3 is 11.9 Å². The molecule has 0 aliphatic carbocycles. The molecule has 0 atom stereocenters. The second-order valence-corrected chi connectivity index (χ2v) is 5.92. The predicted molar refractivity (Wildman–Crippen MR) is 104 cm³/mol. The second kappa shape index (κ2) is 8.71. The van der Waals surface area contributed by atoms with Crippen LogP contribution in [0.15, 0.2) is 72.8 Å². The van der Waals surface area contributed by atoms with E-state index in [9.17, 15) is 14.4 Å². The molecule has 0 heterocycles. The lowest BCUT2D eigenvalue weighted by atomic mass is 10.2. The number of amides is 1. The van der Waals surface area contributed by atoms with E-state index in [1.807, 2.05) is 0 Å². The third kappa shape index (κ3) is 4.98. The van der Waals surface area contributed by atoms with E-state index in [1.165, 1.54) is 55.6 Å². The van der Waals surface area contributed by atoms with Crippen molar-refractivity contribution in [1.82, 2.24) is 0 Å². The Labute approximate surface area is 166 Å². The summed E-state index contributed by atoms with van der Waals surface area (Å²) in [6, 6.07) is 18.3. The topological polar surface area (TPSA) is 105 Å². The quantitative estimate of drug-likeness (QED) is 0.511. The van der Waals surface area contributed by atoms with Crippen molar-refractivity contribution in [3.63, 3.8) is 0 Å². The molecule has 0 bridgehead atoms. The first-order valence-electron chi connectivity index (χ1n) is 8.54. The first-order valence-corrected chi connectivity index (χ1v) is 8.54. The minimum atomic E-state index is -0.593. The molecule has 146 valence electrons. The number of benzene rings is 3. The van der Waals surface area contributed by atoms with Gasteiger partial charge in [-0.15, -0.1) is 0 Å². The summed E-state index contributed by atoms with van der Waals surface area (Å²) < 4.78 is 15.6. The molecule has 3 aromatic rings. The number of hydrogen-bond acceptors (Lipinski definition) is 6. The van der Waals surface area contributed by atoms with E-state index in [2.05, 4.69) is 0 Å². The van der Waals surface area contributed by atoms with E-state index in [4.69, 9.17) is 19.9 Å². The van der Waals surface area contributed by atoms with Crippen LogP contribution in [0, 0.1) is 0 Å². The van der Waals surface area contributed by atoms with Crippen molar-refractivity contribution in [2.24, 2.45) is 5.73 Å². The smallest absolute Gasteiger partial charge is 0.343 e. The van der Waals surface area contributed by atoms with Crippen molar-refractivity contribution in [3.05, 3.63) is 89.5 Å². The van der Waals surface area contributed by atoms with E-state index in [-0.39, 0.29) is 17.1 Å². The Kier molecular flexibility index (Phi) is 5.89. The molecule has 0 saturated carbocycles. The predicted octanol–water partition coefficient (Wildman–Crippen LogP) is 3.23. The number of carbonyl (C=O) groups is 3. The standard InChI is InChI=1S/C22H17NO6/c1-27-17-8-4-15(5-9-17)21(25)29-19-12-6-16(7-13-19)22(26)28-18-10-2-14(3-11-18)20(23)24/h2-13H,1H3,(H2,23,24). The number of methoxy groups -OCH3 is 1. The van der Waals surface area contributed by atoms with Crippen LogP contribution >= 0.6 is 0 Å². The van der Waals surface area contributed by atoms with Crippen LogP contribution in [0.5, 0.6) is 17.2 Å². The minimum Gasteiger partial charge on any atom is -0.497 e. The summed E-state index contributed by atoms with van der Waals surface area (Å²) in [6.45, 7) is 0. The zero-order chi connectivity index (χ0) is 20.8. The van der Waals surface area contributed by atoms with E-state index < -0.39 is 17.8 Å². The third-order valence-electron chi connectivity index (χ3n) is 3.98. The molecule has 1 amide bonds. The van der Waals surface area contributed by atoms with Gasteiger partial charge in [0.25, 0.3) is 0 Å². The highest BCUT2D eigenvalue weighted by molar-refractivity contribution is 5.94. The summed E-state index contributed by atoms with van der Waals surface area (Å²) in [6.07, 6.45) is 0. The van der Waals surface area contributed by atoms with Gasteiger partial charge in [0.05, 0.1) is 18.2 Å². The molecule has 0 aromatic heterocycles. The van der Waals surface area contributed by atoms with Gasteiger partial charge in [0.2, 0.25) is 5.91 Å². The number of primary amides is 1. The Bertz CT molecular complexity index is 1020. The second-order valence-electron chi connectivity index (χ2n) is 5.92. The van der Waals surface area contributed by atoms with Gasteiger partial charge in [-0.1, -0.05) is 0 Å². The van der Waals surface area contributed by atoms with E-state index >= 15 is 0 Å². The molecule has 0 unspecified atom stereocenters. The van der Waals surface area contributed by atoms with E-state index in [1.54, 1.807) is 24.3 Å². The van der Waals surface area contributed by atoms with Gasteiger partial charge in [-0.2, -0.15) is 0 Å². The number of esters is 2. The Morgan fingerprint density at radius 2 is 0.931 bits per heavy atom. The van der Waals surface area contributed by atoms with Crippen molar-refractivity contribution in [2.75, 3.05) is 7.11 Å². The normalized spacial score (nSPS) is 10.1. The summed E-state index contributed by atoms with van der Waals surface area (Å²) in [4.78, 5) is 35.4. The maximum absolute atomic E-state index is 12.2. The lowest BCUT2D eigenvalue weighted by Crippen LogP contribution is -2.12. The van der Waals surface area contributed by atoms with Crippen LogP contribution in [0.4, 0.5) is 0 Å². The highest BCUT2D eigenvalue weighted by atomic mass is 16.5.